The molecule has 104 valence electrons. The molecular weight excluding hydrogens is 260 g/mol. The molecule has 0 unspecified atom stereocenters. The van der Waals surface area contributed by atoms with Crippen LogP contribution in [0.5, 0.6) is 0 Å². The molecule has 0 aliphatic carbocycles. The maximum atomic E-state index is 12.0. The van der Waals surface area contributed by atoms with E-state index >= 15 is 0 Å². The SMILES string of the molecule is COC(=O)[C@@H](Cc1cnc[nH]1)NC(=O)c1ccccn1. The predicted molar refractivity (Wildman–Crippen MR) is 69.8 cm³/mol. The van der Waals surface area contributed by atoms with Crippen LogP contribution >= 0.6 is 0 Å². The molecule has 7 heteroatoms. The Balaban J connectivity index is 2.08. The molecule has 1 amide bonds. The number of aromatic amines is 1. The van der Waals surface area contributed by atoms with E-state index in [9.17, 15) is 9.59 Å². The van der Waals surface area contributed by atoms with E-state index in [1.807, 2.05) is 0 Å². The van der Waals surface area contributed by atoms with Crippen LogP contribution in [0.25, 0.3) is 0 Å². The van der Waals surface area contributed by atoms with Gasteiger partial charge in [-0.25, -0.2) is 9.78 Å². The molecule has 2 aromatic heterocycles. The average Bonchev–Trinajstić information content (AvgIpc) is 2.99. The zero-order chi connectivity index (χ0) is 14.4. The number of hydrogen-bond acceptors (Lipinski definition) is 5. The van der Waals surface area contributed by atoms with Crippen molar-refractivity contribution in [2.45, 2.75) is 12.5 Å². The summed E-state index contributed by atoms with van der Waals surface area (Å²) in [7, 11) is 1.27. The summed E-state index contributed by atoms with van der Waals surface area (Å²) in [5.41, 5.74) is 0.965. The molecule has 1 atom stereocenters. The van der Waals surface area contributed by atoms with Gasteiger partial charge >= 0.3 is 5.97 Å². The zero-order valence-electron chi connectivity index (χ0n) is 10.9. The molecule has 2 N–H and O–H groups in total. The van der Waals surface area contributed by atoms with Crippen molar-refractivity contribution in [2.75, 3.05) is 7.11 Å². The molecular formula is C13H14N4O3. The van der Waals surface area contributed by atoms with Crippen LogP contribution in [0.1, 0.15) is 16.2 Å². The Morgan fingerprint density at radius 1 is 1.45 bits per heavy atom. The molecule has 0 bridgehead atoms. The van der Waals surface area contributed by atoms with Crippen molar-refractivity contribution in [3.63, 3.8) is 0 Å². The highest BCUT2D eigenvalue weighted by atomic mass is 16.5. The van der Waals surface area contributed by atoms with Gasteiger partial charge in [0.1, 0.15) is 11.7 Å². The molecule has 2 rings (SSSR count). The van der Waals surface area contributed by atoms with E-state index in [1.54, 1.807) is 24.4 Å². The lowest BCUT2D eigenvalue weighted by atomic mass is 10.1. The highest BCUT2D eigenvalue weighted by Crippen LogP contribution is 2.02. The number of carbonyl (C=O) groups excluding carboxylic acids is 2. The Kier molecular flexibility index (Phi) is 4.43. The molecule has 2 heterocycles. The first-order chi connectivity index (χ1) is 9.70. The predicted octanol–water partition coefficient (Wildman–Crippen LogP) is 0.319. The van der Waals surface area contributed by atoms with Gasteiger partial charge in [-0.15, -0.1) is 0 Å². The Morgan fingerprint density at radius 3 is 2.90 bits per heavy atom. The number of imidazole rings is 1. The van der Waals surface area contributed by atoms with Crippen LogP contribution in [0.3, 0.4) is 0 Å². The van der Waals surface area contributed by atoms with Crippen molar-refractivity contribution in [3.05, 3.63) is 48.3 Å². The smallest absolute Gasteiger partial charge is 0.328 e. The van der Waals surface area contributed by atoms with Gasteiger partial charge in [0.15, 0.2) is 0 Å². The minimum atomic E-state index is -0.796. The Bertz CT molecular complexity index is 569. The van der Waals surface area contributed by atoms with Crippen LogP contribution in [-0.2, 0) is 16.0 Å². The second kappa shape index (κ2) is 6.46. The van der Waals surface area contributed by atoms with E-state index in [-0.39, 0.29) is 12.1 Å². The summed E-state index contributed by atoms with van der Waals surface area (Å²) in [4.78, 5) is 34.4. The number of rotatable bonds is 5. The summed E-state index contributed by atoms with van der Waals surface area (Å²) in [5, 5.41) is 2.60. The Labute approximate surface area is 115 Å². The number of carbonyl (C=O) groups is 2. The van der Waals surface area contributed by atoms with E-state index in [2.05, 4.69) is 25.0 Å². The molecule has 0 spiro atoms. The fourth-order valence-corrected chi connectivity index (χ4v) is 1.68. The molecule has 0 radical (unpaired) electrons. The molecule has 2 aromatic rings. The first-order valence-corrected chi connectivity index (χ1v) is 5.97. The number of amides is 1. The van der Waals surface area contributed by atoms with Gasteiger partial charge in [0, 0.05) is 24.5 Å². The van der Waals surface area contributed by atoms with E-state index in [4.69, 9.17) is 0 Å². The standard InChI is InChI=1S/C13H14N4O3/c1-20-13(19)11(6-9-7-14-8-16-9)17-12(18)10-4-2-3-5-15-10/h2-5,7-8,11H,6H2,1H3,(H,14,16)(H,17,18)/t11-/m1/s1. The number of hydrogen-bond donors (Lipinski definition) is 2. The third kappa shape index (κ3) is 3.41. The maximum absolute atomic E-state index is 12.0. The number of esters is 1. The minimum Gasteiger partial charge on any atom is -0.467 e. The van der Waals surface area contributed by atoms with Crippen LogP contribution in [0.15, 0.2) is 36.9 Å². The first-order valence-electron chi connectivity index (χ1n) is 5.97. The van der Waals surface area contributed by atoms with Crippen molar-refractivity contribution in [1.29, 1.82) is 0 Å². The summed E-state index contributed by atoms with van der Waals surface area (Å²) in [6.07, 6.45) is 4.87. The lowest BCUT2D eigenvalue weighted by Gasteiger charge is -2.15. The quantitative estimate of drug-likeness (QED) is 0.765. The number of methoxy groups -OCH3 is 1. The van der Waals surface area contributed by atoms with Gasteiger partial charge in [-0.05, 0) is 12.1 Å². The molecule has 0 aliphatic heterocycles. The third-order valence-corrected chi connectivity index (χ3v) is 2.67. The van der Waals surface area contributed by atoms with E-state index in [0.717, 1.165) is 5.69 Å². The van der Waals surface area contributed by atoms with Crippen LogP contribution in [-0.4, -0.2) is 40.0 Å². The fourth-order valence-electron chi connectivity index (χ4n) is 1.68. The highest BCUT2D eigenvalue weighted by molar-refractivity contribution is 5.95. The monoisotopic (exact) mass is 274 g/mol. The van der Waals surface area contributed by atoms with Crippen molar-refractivity contribution >= 4 is 11.9 Å². The summed E-state index contributed by atoms with van der Waals surface area (Å²) in [6, 6.07) is 4.18. The number of nitrogens with one attached hydrogen (secondary N) is 2. The molecule has 0 aromatic carbocycles. The largest absolute Gasteiger partial charge is 0.467 e. The Hall–Kier alpha value is -2.70. The number of aromatic nitrogens is 3. The van der Waals surface area contributed by atoms with Crippen LogP contribution in [0.4, 0.5) is 0 Å². The van der Waals surface area contributed by atoms with Gasteiger partial charge in [-0.3, -0.25) is 9.78 Å². The number of H-pyrrole nitrogens is 1. The lowest BCUT2D eigenvalue weighted by molar-refractivity contribution is -0.142. The summed E-state index contributed by atoms with van der Waals surface area (Å²) in [5.74, 6) is -0.954. The molecule has 0 aliphatic rings. The zero-order valence-corrected chi connectivity index (χ0v) is 10.9. The van der Waals surface area contributed by atoms with E-state index in [0.29, 0.717) is 0 Å². The minimum absolute atomic E-state index is 0.242. The van der Waals surface area contributed by atoms with Gasteiger partial charge in [0.25, 0.3) is 5.91 Å². The maximum Gasteiger partial charge on any atom is 0.328 e. The third-order valence-electron chi connectivity index (χ3n) is 2.67. The van der Waals surface area contributed by atoms with Crippen molar-refractivity contribution in [2.24, 2.45) is 0 Å². The van der Waals surface area contributed by atoms with Crippen LogP contribution in [0, 0.1) is 0 Å². The molecule has 0 saturated carbocycles. The van der Waals surface area contributed by atoms with Crippen LogP contribution < -0.4 is 5.32 Å². The second-order valence-electron chi connectivity index (χ2n) is 4.05. The normalized spacial score (nSPS) is 11.7. The highest BCUT2D eigenvalue weighted by Gasteiger charge is 2.23. The number of nitrogens with zero attached hydrogens (tertiary/aromatic N) is 2. The molecule has 7 nitrogen and oxygen atoms in total. The van der Waals surface area contributed by atoms with Gasteiger partial charge < -0.3 is 15.0 Å². The average molecular weight is 274 g/mol. The topological polar surface area (TPSA) is 97.0 Å². The molecule has 20 heavy (non-hydrogen) atoms. The van der Waals surface area contributed by atoms with Crippen LogP contribution in [0.2, 0.25) is 0 Å². The van der Waals surface area contributed by atoms with E-state index < -0.39 is 17.9 Å². The van der Waals surface area contributed by atoms with E-state index in [1.165, 1.54) is 19.6 Å². The summed E-state index contributed by atoms with van der Waals surface area (Å²) >= 11 is 0. The van der Waals surface area contributed by atoms with Gasteiger partial charge in [-0.2, -0.15) is 0 Å². The number of pyridine rings is 1. The van der Waals surface area contributed by atoms with Crippen molar-refractivity contribution in [1.82, 2.24) is 20.3 Å². The molecule has 0 fully saturated rings. The van der Waals surface area contributed by atoms with Gasteiger partial charge in [-0.1, -0.05) is 6.07 Å². The van der Waals surface area contributed by atoms with Gasteiger partial charge in [0.05, 0.1) is 13.4 Å². The van der Waals surface area contributed by atoms with Crippen molar-refractivity contribution < 1.29 is 14.3 Å². The van der Waals surface area contributed by atoms with Gasteiger partial charge in [0.2, 0.25) is 0 Å². The fraction of sp³-hybridized carbons (Fsp3) is 0.231. The second-order valence-corrected chi connectivity index (χ2v) is 4.05. The summed E-state index contributed by atoms with van der Waals surface area (Å²) in [6.45, 7) is 0. The Morgan fingerprint density at radius 2 is 2.30 bits per heavy atom. The first kappa shape index (κ1) is 13.7. The van der Waals surface area contributed by atoms with Crippen molar-refractivity contribution in [3.8, 4) is 0 Å². The summed E-state index contributed by atoms with van der Waals surface area (Å²) < 4.78 is 4.69. The molecule has 0 saturated heterocycles. The number of ether oxygens (including phenoxy) is 1. The lowest BCUT2D eigenvalue weighted by Crippen LogP contribution is -2.43.